The summed E-state index contributed by atoms with van der Waals surface area (Å²) >= 11 is 0. The van der Waals surface area contributed by atoms with Crippen LogP contribution < -0.4 is 14.4 Å². The summed E-state index contributed by atoms with van der Waals surface area (Å²) in [5.41, 5.74) is 2.89. The summed E-state index contributed by atoms with van der Waals surface area (Å²) in [5, 5.41) is 20.1. The minimum absolute atomic E-state index is 0.110. The van der Waals surface area contributed by atoms with Crippen molar-refractivity contribution in [2.45, 2.75) is 26.8 Å². The molecule has 0 aliphatic rings. The summed E-state index contributed by atoms with van der Waals surface area (Å²) in [7, 11) is -3.46. The topological polar surface area (TPSA) is 121 Å². The second-order valence-electron chi connectivity index (χ2n) is 8.06. The Morgan fingerprint density at radius 3 is 2.56 bits per heavy atom. The summed E-state index contributed by atoms with van der Waals surface area (Å²) in [6, 6.07) is 12.5. The minimum atomic E-state index is -3.46. The predicted octanol–water partition coefficient (Wildman–Crippen LogP) is 3.31. The maximum atomic E-state index is 11.8. The van der Waals surface area contributed by atoms with Crippen molar-refractivity contribution >= 4 is 38.3 Å². The minimum Gasteiger partial charge on any atom is -0.492 e. The molecule has 34 heavy (non-hydrogen) atoms. The Kier molecular flexibility index (Phi) is 8.06. The Morgan fingerprint density at radius 2 is 1.91 bits per heavy atom. The predicted molar refractivity (Wildman–Crippen MR) is 134 cm³/mol. The summed E-state index contributed by atoms with van der Waals surface area (Å²) < 4.78 is 33.8. The number of hydrogen-bond acceptors (Lipinski definition) is 6. The second-order valence-corrected chi connectivity index (χ2v) is 9.81. The van der Waals surface area contributed by atoms with Crippen LogP contribution in [0.5, 0.6) is 5.75 Å². The molecule has 0 spiro atoms. The summed E-state index contributed by atoms with van der Waals surface area (Å²) in [4.78, 5) is 13.7. The lowest BCUT2D eigenvalue weighted by atomic mass is 10.1. The zero-order valence-corrected chi connectivity index (χ0v) is 20.4. The van der Waals surface area contributed by atoms with Gasteiger partial charge in [0.25, 0.3) is 0 Å². The van der Waals surface area contributed by atoms with Gasteiger partial charge in [-0.25, -0.2) is 13.2 Å². The number of carboxylic acids is 1. The number of aliphatic hydroxyl groups is 1. The van der Waals surface area contributed by atoms with Gasteiger partial charge in [-0.05, 0) is 43.2 Å². The summed E-state index contributed by atoms with van der Waals surface area (Å²) in [5.74, 6) is -0.351. The lowest BCUT2D eigenvalue weighted by molar-refractivity contribution is 0.0684. The van der Waals surface area contributed by atoms with Gasteiger partial charge in [0, 0.05) is 24.5 Å². The number of rotatable bonds is 12. The Morgan fingerprint density at radius 1 is 1.18 bits per heavy atom. The van der Waals surface area contributed by atoms with Crippen molar-refractivity contribution < 1.29 is 28.2 Å². The molecule has 0 saturated heterocycles. The number of nitrogens with one attached hydrogen (secondary N) is 1. The van der Waals surface area contributed by atoms with E-state index in [2.05, 4.69) is 4.72 Å². The highest BCUT2D eigenvalue weighted by Crippen LogP contribution is 2.30. The molecule has 2 aromatic carbocycles. The van der Waals surface area contributed by atoms with E-state index in [9.17, 15) is 23.4 Å². The van der Waals surface area contributed by atoms with E-state index < -0.39 is 16.0 Å². The van der Waals surface area contributed by atoms with Gasteiger partial charge < -0.3 is 24.4 Å². The number of aliphatic hydroxyl groups excluding tert-OH is 1. The largest absolute Gasteiger partial charge is 0.492 e. The van der Waals surface area contributed by atoms with E-state index in [1.807, 2.05) is 41.5 Å². The quantitative estimate of drug-likeness (QED) is 0.357. The van der Waals surface area contributed by atoms with Crippen LogP contribution in [0.2, 0.25) is 0 Å². The van der Waals surface area contributed by atoms with E-state index in [0.29, 0.717) is 36.8 Å². The lowest BCUT2D eigenvalue weighted by Gasteiger charge is -2.26. The molecule has 3 N–H and O–H groups in total. The van der Waals surface area contributed by atoms with E-state index >= 15 is 0 Å². The highest BCUT2D eigenvalue weighted by molar-refractivity contribution is 7.92. The van der Waals surface area contributed by atoms with E-state index in [4.69, 9.17) is 4.74 Å². The van der Waals surface area contributed by atoms with Crippen molar-refractivity contribution in [1.82, 2.24) is 4.57 Å². The molecule has 0 amide bonds. The maximum absolute atomic E-state index is 11.8. The third-order valence-corrected chi connectivity index (χ3v) is 6.07. The van der Waals surface area contributed by atoms with E-state index in [-0.39, 0.29) is 18.9 Å². The SMILES string of the molecule is CCCn1c(C(=O)O)c(C)c2ccc(OCCN(CCO)c3ccccc3NS(C)(=O)=O)cc21. The highest BCUT2D eigenvalue weighted by atomic mass is 32.2. The molecule has 0 aliphatic carbocycles. The van der Waals surface area contributed by atoms with Crippen LogP contribution in [0, 0.1) is 6.92 Å². The lowest BCUT2D eigenvalue weighted by Crippen LogP contribution is -2.32. The van der Waals surface area contributed by atoms with Crippen LogP contribution in [0.1, 0.15) is 29.4 Å². The fraction of sp³-hybridized carbons (Fsp3) is 0.375. The standard InChI is InChI=1S/C24H31N3O6S/c1-4-11-27-22-16-18(9-10-19(22)17(2)23(27)24(29)30)33-15-13-26(12-14-28)21-8-6-5-7-20(21)25-34(3,31)32/h5-10,16,25,28H,4,11-15H2,1-3H3,(H,29,30). The van der Waals surface area contributed by atoms with Gasteiger partial charge in [0.15, 0.2) is 0 Å². The molecule has 0 aliphatic heterocycles. The first kappa shape index (κ1) is 25.4. The Bertz CT molecular complexity index is 1270. The van der Waals surface area contributed by atoms with Crippen LogP contribution in [0.3, 0.4) is 0 Å². The molecule has 0 radical (unpaired) electrons. The molecule has 0 saturated carbocycles. The second kappa shape index (κ2) is 10.8. The molecule has 184 valence electrons. The number of aryl methyl sites for hydroxylation is 2. The number of para-hydroxylation sites is 2. The van der Waals surface area contributed by atoms with Gasteiger partial charge in [0.05, 0.1) is 36.3 Å². The van der Waals surface area contributed by atoms with Gasteiger partial charge in [0.2, 0.25) is 10.0 Å². The number of anilines is 2. The fourth-order valence-electron chi connectivity index (χ4n) is 4.11. The molecule has 0 bridgehead atoms. The first-order valence-electron chi connectivity index (χ1n) is 11.1. The smallest absolute Gasteiger partial charge is 0.352 e. The number of aromatic carboxylic acids is 1. The molecular weight excluding hydrogens is 458 g/mol. The van der Waals surface area contributed by atoms with Crippen LogP contribution in [-0.4, -0.2) is 61.7 Å². The average Bonchev–Trinajstić information content (AvgIpc) is 3.04. The number of sulfonamides is 1. The molecule has 3 aromatic rings. The third-order valence-electron chi connectivity index (χ3n) is 5.48. The zero-order chi connectivity index (χ0) is 24.9. The normalized spacial score (nSPS) is 11.5. The third kappa shape index (κ3) is 5.81. The van der Waals surface area contributed by atoms with Crippen molar-refractivity contribution in [1.29, 1.82) is 0 Å². The van der Waals surface area contributed by atoms with Gasteiger partial charge in [-0.1, -0.05) is 19.1 Å². The van der Waals surface area contributed by atoms with Crippen LogP contribution in [0.25, 0.3) is 10.9 Å². The number of carboxylic acid groups (broad SMARTS) is 1. The van der Waals surface area contributed by atoms with E-state index in [1.165, 1.54) is 0 Å². The number of ether oxygens (including phenoxy) is 1. The van der Waals surface area contributed by atoms with Gasteiger partial charge >= 0.3 is 5.97 Å². The Labute approximate surface area is 199 Å². The number of hydrogen-bond donors (Lipinski definition) is 3. The number of benzene rings is 2. The van der Waals surface area contributed by atoms with Gasteiger partial charge in [0.1, 0.15) is 18.1 Å². The first-order chi connectivity index (χ1) is 16.2. The van der Waals surface area contributed by atoms with Crippen molar-refractivity contribution in [3.63, 3.8) is 0 Å². The van der Waals surface area contributed by atoms with Crippen LogP contribution in [-0.2, 0) is 16.6 Å². The van der Waals surface area contributed by atoms with Gasteiger partial charge in [-0.15, -0.1) is 0 Å². The van der Waals surface area contributed by atoms with Crippen LogP contribution in [0.15, 0.2) is 42.5 Å². The van der Waals surface area contributed by atoms with Crippen molar-refractivity contribution in [3.8, 4) is 5.75 Å². The van der Waals surface area contributed by atoms with Crippen molar-refractivity contribution in [3.05, 3.63) is 53.7 Å². The van der Waals surface area contributed by atoms with Gasteiger partial charge in [-0.3, -0.25) is 4.72 Å². The molecule has 3 rings (SSSR count). The van der Waals surface area contributed by atoms with E-state index in [1.54, 1.807) is 24.3 Å². The summed E-state index contributed by atoms with van der Waals surface area (Å²) in [6.07, 6.45) is 1.89. The molecule has 0 atom stereocenters. The van der Waals surface area contributed by atoms with Gasteiger partial charge in [-0.2, -0.15) is 0 Å². The monoisotopic (exact) mass is 489 g/mol. The number of nitrogens with zero attached hydrogens (tertiary/aromatic N) is 2. The number of aromatic nitrogens is 1. The Balaban J connectivity index is 1.81. The molecule has 1 heterocycles. The molecule has 10 heteroatoms. The molecule has 1 aromatic heterocycles. The zero-order valence-electron chi connectivity index (χ0n) is 19.6. The maximum Gasteiger partial charge on any atom is 0.352 e. The molecule has 9 nitrogen and oxygen atoms in total. The highest BCUT2D eigenvalue weighted by Gasteiger charge is 2.20. The van der Waals surface area contributed by atoms with Crippen molar-refractivity contribution in [2.24, 2.45) is 0 Å². The van der Waals surface area contributed by atoms with Crippen LogP contribution in [0.4, 0.5) is 11.4 Å². The molecule has 0 fully saturated rings. The first-order valence-corrected chi connectivity index (χ1v) is 13.0. The van der Waals surface area contributed by atoms with E-state index in [0.717, 1.165) is 29.1 Å². The van der Waals surface area contributed by atoms with Crippen molar-refractivity contribution in [2.75, 3.05) is 42.2 Å². The number of carbonyl (C=O) groups is 1. The number of fused-ring (bicyclic) bond motifs is 1. The fourth-order valence-corrected chi connectivity index (χ4v) is 4.68. The average molecular weight is 490 g/mol. The van der Waals surface area contributed by atoms with Crippen LogP contribution >= 0.6 is 0 Å². The summed E-state index contributed by atoms with van der Waals surface area (Å²) in [6.45, 7) is 5.26. The molecule has 0 unspecified atom stereocenters. The molecular formula is C24H31N3O6S. The Hall–Kier alpha value is -3.24.